The second kappa shape index (κ2) is 7.11. The quantitative estimate of drug-likeness (QED) is 0.807. The minimum absolute atomic E-state index is 0.0446. The normalized spacial score (nSPS) is 12.5. The van der Waals surface area contributed by atoms with Crippen molar-refractivity contribution in [1.82, 2.24) is 10.3 Å². The van der Waals surface area contributed by atoms with Crippen molar-refractivity contribution in [2.45, 2.75) is 58.8 Å². The van der Waals surface area contributed by atoms with Gasteiger partial charge in [-0.25, -0.2) is 0 Å². The molecule has 1 heterocycles. The van der Waals surface area contributed by atoms with Crippen LogP contribution < -0.4 is 10.1 Å². The number of halogens is 3. The van der Waals surface area contributed by atoms with Crippen molar-refractivity contribution in [2.75, 3.05) is 6.61 Å². The van der Waals surface area contributed by atoms with E-state index in [1.54, 1.807) is 12.3 Å². The van der Waals surface area contributed by atoms with E-state index in [2.05, 4.69) is 10.3 Å². The minimum Gasteiger partial charge on any atom is -0.493 e. The summed E-state index contributed by atoms with van der Waals surface area (Å²) in [5.74, 6) is 0.599. The van der Waals surface area contributed by atoms with Gasteiger partial charge in [-0.3, -0.25) is 4.98 Å². The summed E-state index contributed by atoms with van der Waals surface area (Å²) in [6.07, 6.45) is -3.30. The first-order valence-electron chi connectivity index (χ1n) is 6.97. The van der Waals surface area contributed by atoms with Gasteiger partial charge in [0, 0.05) is 42.0 Å². The van der Waals surface area contributed by atoms with Gasteiger partial charge in [-0.1, -0.05) is 0 Å². The lowest BCUT2D eigenvalue weighted by Gasteiger charge is -2.21. The van der Waals surface area contributed by atoms with E-state index in [4.69, 9.17) is 4.74 Å². The number of pyridine rings is 1. The van der Waals surface area contributed by atoms with Crippen LogP contribution in [0.25, 0.3) is 0 Å². The maximum absolute atomic E-state index is 12.1. The molecule has 0 amide bonds. The summed E-state index contributed by atoms with van der Waals surface area (Å²) < 4.78 is 41.8. The summed E-state index contributed by atoms with van der Waals surface area (Å²) in [4.78, 5) is 4.21. The molecule has 6 heteroatoms. The van der Waals surface area contributed by atoms with Crippen molar-refractivity contribution in [3.63, 3.8) is 0 Å². The lowest BCUT2D eigenvalue weighted by Crippen LogP contribution is -2.35. The molecule has 3 nitrogen and oxygen atoms in total. The Bertz CT molecular complexity index is 453. The Kier molecular flexibility index (Phi) is 6.01. The molecule has 0 bridgehead atoms. The van der Waals surface area contributed by atoms with Crippen LogP contribution in [0.2, 0.25) is 0 Å². The molecule has 1 N–H and O–H groups in total. The van der Waals surface area contributed by atoms with E-state index < -0.39 is 12.6 Å². The topological polar surface area (TPSA) is 34.1 Å². The summed E-state index contributed by atoms with van der Waals surface area (Å²) in [5.41, 5.74) is 1.57. The molecule has 0 unspecified atom stereocenters. The fourth-order valence-corrected chi connectivity index (χ4v) is 1.65. The molecular weight excluding hydrogens is 281 g/mol. The SMILES string of the molecule is Cc1cc(OCCCC(F)(F)F)c(CNC(C)(C)C)cn1. The third-order valence-corrected chi connectivity index (χ3v) is 2.75. The van der Waals surface area contributed by atoms with E-state index in [0.29, 0.717) is 12.3 Å². The molecule has 0 saturated carbocycles. The largest absolute Gasteiger partial charge is 0.493 e. The summed E-state index contributed by atoms with van der Waals surface area (Å²) >= 11 is 0. The van der Waals surface area contributed by atoms with E-state index in [1.165, 1.54) is 0 Å². The molecule has 0 aliphatic carbocycles. The Hall–Kier alpha value is -1.30. The molecule has 0 aliphatic rings. The van der Waals surface area contributed by atoms with Gasteiger partial charge in [0.25, 0.3) is 0 Å². The third-order valence-electron chi connectivity index (χ3n) is 2.75. The van der Waals surface area contributed by atoms with Crippen molar-refractivity contribution in [1.29, 1.82) is 0 Å². The lowest BCUT2D eigenvalue weighted by molar-refractivity contribution is -0.136. The van der Waals surface area contributed by atoms with Crippen molar-refractivity contribution >= 4 is 0 Å². The molecule has 1 rings (SSSR count). The first-order valence-corrected chi connectivity index (χ1v) is 6.97. The highest BCUT2D eigenvalue weighted by Gasteiger charge is 2.26. The summed E-state index contributed by atoms with van der Waals surface area (Å²) in [5, 5.41) is 3.31. The Morgan fingerprint density at radius 2 is 1.90 bits per heavy atom. The van der Waals surface area contributed by atoms with Gasteiger partial charge in [0.15, 0.2) is 0 Å². The molecular formula is C15H23F3N2O. The van der Waals surface area contributed by atoms with Crippen LogP contribution in [0.3, 0.4) is 0 Å². The van der Waals surface area contributed by atoms with Crippen LogP contribution in [-0.4, -0.2) is 23.3 Å². The molecule has 1 aromatic rings. The van der Waals surface area contributed by atoms with Crippen molar-refractivity contribution in [3.8, 4) is 5.75 Å². The summed E-state index contributed by atoms with van der Waals surface area (Å²) in [6.45, 7) is 8.55. The zero-order chi connectivity index (χ0) is 16.1. The average Bonchev–Trinajstić information content (AvgIpc) is 2.31. The molecule has 0 radical (unpaired) electrons. The Labute approximate surface area is 123 Å². The number of ether oxygens (including phenoxy) is 1. The number of aromatic nitrogens is 1. The number of hydrogen-bond acceptors (Lipinski definition) is 3. The van der Waals surface area contributed by atoms with Gasteiger partial charge in [-0.2, -0.15) is 13.2 Å². The smallest absolute Gasteiger partial charge is 0.389 e. The fourth-order valence-electron chi connectivity index (χ4n) is 1.65. The van der Waals surface area contributed by atoms with Gasteiger partial charge in [0.05, 0.1) is 6.61 Å². The Morgan fingerprint density at radius 1 is 1.24 bits per heavy atom. The Balaban J connectivity index is 2.60. The number of alkyl halides is 3. The van der Waals surface area contributed by atoms with Crippen LogP contribution in [0.5, 0.6) is 5.75 Å². The van der Waals surface area contributed by atoms with Crippen LogP contribution in [0.1, 0.15) is 44.9 Å². The molecule has 0 aromatic carbocycles. The molecule has 0 fully saturated rings. The van der Waals surface area contributed by atoms with Crippen LogP contribution in [0.4, 0.5) is 13.2 Å². The van der Waals surface area contributed by atoms with Crippen molar-refractivity contribution < 1.29 is 17.9 Å². The first-order chi connectivity index (χ1) is 9.57. The number of rotatable bonds is 6. The minimum atomic E-state index is -4.13. The van der Waals surface area contributed by atoms with Gasteiger partial charge in [-0.05, 0) is 34.1 Å². The van der Waals surface area contributed by atoms with Gasteiger partial charge < -0.3 is 10.1 Å². The van der Waals surface area contributed by atoms with Crippen LogP contribution >= 0.6 is 0 Å². The van der Waals surface area contributed by atoms with E-state index >= 15 is 0 Å². The number of nitrogens with zero attached hydrogens (tertiary/aromatic N) is 1. The van der Waals surface area contributed by atoms with E-state index in [0.717, 1.165) is 11.3 Å². The predicted octanol–water partition coefficient (Wildman–Crippen LogP) is 4.00. The summed E-state index contributed by atoms with van der Waals surface area (Å²) in [7, 11) is 0. The zero-order valence-electron chi connectivity index (χ0n) is 13.0. The average molecular weight is 304 g/mol. The maximum Gasteiger partial charge on any atom is 0.389 e. The van der Waals surface area contributed by atoms with Crippen LogP contribution in [0.15, 0.2) is 12.3 Å². The Morgan fingerprint density at radius 3 is 2.48 bits per heavy atom. The monoisotopic (exact) mass is 304 g/mol. The molecule has 0 atom stereocenters. The van der Waals surface area contributed by atoms with Crippen molar-refractivity contribution in [3.05, 3.63) is 23.5 Å². The number of hydrogen-bond donors (Lipinski definition) is 1. The first kappa shape index (κ1) is 17.8. The van der Waals surface area contributed by atoms with Crippen LogP contribution in [-0.2, 0) is 6.54 Å². The van der Waals surface area contributed by atoms with Gasteiger partial charge in [-0.15, -0.1) is 0 Å². The second-order valence-corrected chi connectivity index (χ2v) is 6.10. The fraction of sp³-hybridized carbons (Fsp3) is 0.667. The number of aryl methyl sites for hydroxylation is 1. The second-order valence-electron chi connectivity index (χ2n) is 6.10. The van der Waals surface area contributed by atoms with Crippen LogP contribution in [0, 0.1) is 6.92 Å². The molecule has 120 valence electrons. The third kappa shape index (κ3) is 7.90. The zero-order valence-corrected chi connectivity index (χ0v) is 13.0. The summed E-state index contributed by atoms with van der Waals surface area (Å²) in [6, 6.07) is 1.76. The highest BCUT2D eigenvalue weighted by atomic mass is 19.4. The lowest BCUT2D eigenvalue weighted by atomic mass is 10.1. The number of nitrogens with one attached hydrogen (secondary N) is 1. The van der Waals surface area contributed by atoms with E-state index in [9.17, 15) is 13.2 Å². The predicted molar refractivity (Wildman–Crippen MR) is 76.4 cm³/mol. The highest BCUT2D eigenvalue weighted by molar-refractivity contribution is 5.32. The molecule has 0 aliphatic heterocycles. The van der Waals surface area contributed by atoms with E-state index in [1.807, 2.05) is 27.7 Å². The van der Waals surface area contributed by atoms with E-state index in [-0.39, 0.29) is 18.6 Å². The molecule has 21 heavy (non-hydrogen) atoms. The van der Waals surface area contributed by atoms with Gasteiger partial charge >= 0.3 is 6.18 Å². The van der Waals surface area contributed by atoms with Gasteiger partial charge in [0.1, 0.15) is 5.75 Å². The van der Waals surface area contributed by atoms with Gasteiger partial charge in [0.2, 0.25) is 0 Å². The maximum atomic E-state index is 12.1. The highest BCUT2D eigenvalue weighted by Crippen LogP contribution is 2.23. The van der Waals surface area contributed by atoms with Crippen molar-refractivity contribution in [2.24, 2.45) is 0 Å². The molecule has 0 spiro atoms. The molecule has 1 aromatic heterocycles. The standard InChI is InChI=1S/C15H23F3N2O/c1-11-8-13(21-7-5-6-15(16,17)18)12(9-19-11)10-20-14(2,3)4/h8-9,20H,5-7,10H2,1-4H3. The molecule has 0 saturated heterocycles.